The van der Waals surface area contributed by atoms with Gasteiger partial charge in [-0.05, 0) is 46.5 Å². The van der Waals surface area contributed by atoms with Crippen LogP contribution in [0, 0.1) is 13.8 Å². The molecule has 1 aliphatic rings. The Kier molecular flexibility index (Phi) is 4.37. The first-order valence-electron chi connectivity index (χ1n) is 6.99. The summed E-state index contributed by atoms with van der Waals surface area (Å²) >= 11 is 0. The summed E-state index contributed by atoms with van der Waals surface area (Å²) in [6, 6.07) is 0.228. The van der Waals surface area contributed by atoms with E-state index in [-0.39, 0.29) is 23.7 Å². The maximum atomic E-state index is 12.0. The Bertz CT molecular complexity index is 498. The van der Waals surface area contributed by atoms with Gasteiger partial charge in [0.05, 0.1) is 11.7 Å². The minimum atomic E-state index is -0.214. The second-order valence-corrected chi connectivity index (χ2v) is 5.56. The number of rotatable bonds is 3. The van der Waals surface area contributed by atoms with Gasteiger partial charge in [-0.2, -0.15) is 0 Å². The van der Waals surface area contributed by atoms with Crippen LogP contribution in [0.4, 0.5) is 0 Å². The fourth-order valence-corrected chi connectivity index (χ4v) is 3.00. The minimum absolute atomic E-state index is 0.0489. The van der Waals surface area contributed by atoms with Crippen molar-refractivity contribution in [1.29, 1.82) is 0 Å². The van der Waals surface area contributed by atoms with E-state index in [0.717, 1.165) is 31.4 Å². The third-order valence-corrected chi connectivity index (χ3v) is 3.83. The number of aromatic amines is 1. The van der Waals surface area contributed by atoms with Crippen LogP contribution >= 0.6 is 0 Å². The average molecular weight is 265 g/mol. The van der Waals surface area contributed by atoms with Crippen LogP contribution in [-0.4, -0.2) is 27.2 Å². The predicted octanol–water partition coefficient (Wildman–Crippen LogP) is 1.34. The monoisotopic (exact) mass is 265 g/mol. The van der Waals surface area contributed by atoms with Gasteiger partial charge >= 0.3 is 0 Å². The topological polar surface area (TPSA) is 78.0 Å². The van der Waals surface area contributed by atoms with Crippen LogP contribution in [0.15, 0.2) is 4.79 Å². The third kappa shape index (κ3) is 3.42. The Morgan fingerprint density at radius 1 is 1.42 bits per heavy atom. The van der Waals surface area contributed by atoms with Crippen LogP contribution < -0.4 is 10.9 Å². The molecule has 1 aromatic heterocycles. The number of hydrogen-bond donors (Lipinski definition) is 3. The number of nitrogens with one attached hydrogen (secondary N) is 2. The first-order chi connectivity index (χ1) is 8.97. The maximum absolute atomic E-state index is 12.0. The molecule has 1 heterocycles. The fourth-order valence-electron chi connectivity index (χ4n) is 3.00. The lowest BCUT2D eigenvalue weighted by Crippen LogP contribution is -2.39. The molecule has 2 rings (SSSR count). The summed E-state index contributed by atoms with van der Waals surface area (Å²) in [4.78, 5) is 19.1. The standard InChI is InChI=1S/C14H23N3O2/c1-8-13(14(19)17-10(3)15-8)9(2)16-11-5-4-6-12(18)7-11/h9,11-12,16,18H,4-7H2,1-3H3,(H,15,17,19). The van der Waals surface area contributed by atoms with Crippen molar-refractivity contribution in [2.45, 2.75) is 64.6 Å². The maximum Gasteiger partial charge on any atom is 0.255 e. The van der Waals surface area contributed by atoms with Crippen molar-refractivity contribution in [2.75, 3.05) is 0 Å². The number of H-pyrrole nitrogens is 1. The number of nitrogens with zero attached hydrogens (tertiary/aromatic N) is 1. The molecule has 3 N–H and O–H groups in total. The molecule has 0 aliphatic heterocycles. The summed E-state index contributed by atoms with van der Waals surface area (Å²) < 4.78 is 0. The van der Waals surface area contributed by atoms with Crippen molar-refractivity contribution in [3.63, 3.8) is 0 Å². The van der Waals surface area contributed by atoms with Crippen LogP contribution in [-0.2, 0) is 0 Å². The van der Waals surface area contributed by atoms with Gasteiger partial charge in [0.2, 0.25) is 0 Å². The fraction of sp³-hybridized carbons (Fsp3) is 0.714. The lowest BCUT2D eigenvalue weighted by Gasteiger charge is -2.29. The van der Waals surface area contributed by atoms with Crippen molar-refractivity contribution in [3.05, 3.63) is 27.4 Å². The first-order valence-corrected chi connectivity index (χ1v) is 6.99. The number of hydrogen-bond acceptors (Lipinski definition) is 4. The molecule has 1 fully saturated rings. The van der Waals surface area contributed by atoms with E-state index < -0.39 is 0 Å². The van der Waals surface area contributed by atoms with Gasteiger partial charge in [0.25, 0.3) is 5.56 Å². The molecule has 0 saturated heterocycles. The SMILES string of the molecule is Cc1nc(C)c(C(C)NC2CCCC(O)C2)c(=O)[nH]1. The molecule has 5 heteroatoms. The van der Waals surface area contributed by atoms with Gasteiger partial charge in [0.15, 0.2) is 0 Å². The second kappa shape index (κ2) is 5.84. The first kappa shape index (κ1) is 14.2. The van der Waals surface area contributed by atoms with E-state index in [1.54, 1.807) is 6.92 Å². The normalized spacial score (nSPS) is 25.3. The van der Waals surface area contributed by atoms with Crippen molar-refractivity contribution in [1.82, 2.24) is 15.3 Å². The molecule has 1 saturated carbocycles. The van der Waals surface area contributed by atoms with Crippen LogP contribution in [0.3, 0.4) is 0 Å². The molecule has 0 aromatic carbocycles. The van der Waals surface area contributed by atoms with Crippen LogP contribution in [0.2, 0.25) is 0 Å². The van der Waals surface area contributed by atoms with E-state index in [1.807, 2.05) is 13.8 Å². The Labute approximate surface area is 113 Å². The molecule has 0 spiro atoms. The highest BCUT2D eigenvalue weighted by atomic mass is 16.3. The average Bonchev–Trinajstić information content (AvgIpc) is 2.27. The summed E-state index contributed by atoms with van der Waals surface area (Å²) in [5, 5.41) is 13.1. The number of aromatic nitrogens is 2. The van der Waals surface area contributed by atoms with Crippen molar-refractivity contribution >= 4 is 0 Å². The van der Waals surface area contributed by atoms with Crippen molar-refractivity contribution in [3.8, 4) is 0 Å². The highest BCUT2D eigenvalue weighted by Crippen LogP contribution is 2.21. The Morgan fingerprint density at radius 2 is 2.16 bits per heavy atom. The summed E-state index contributed by atoms with van der Waals surface area (Å²) in [5.41, 5.74) is 1.41. The van der Waals surface area contributed by atoms with Gasteiger partial charge in [-0.25, -0.2) is 4.98 Å². The molecule has 0 bridgehead atoms. The smallest absolute Gasteiger partial charge is 0.255 e. The zero-order valence-corrected chi connectivity index (χ0v) is 11.9. The largest absolute Gasteiger partial charge is 0.393 e. The highest BCUT2D eigenvalue weighted by molar-refractivity contribution is 5.20. The van der Waals surface area contributed by atoms with Crippen LogP contribution in [0.25, 0.3) is 0 Å². The van der Waals surface area contributed by atoms with Crippen molar-refractivity contribution < 1.29 is 5.11 Å². The van der Waals surface area contributed by atoms with Gasteiger partial charge in [-0.3, -0.25) is 4.79 Å². The third-order valence-electron chi connectivity index (χ3n) is 3.83. The summed E-state index contributed by atoms with van der Waals surface area (Å²) in [7, 11) is 0. The van der Waals surface area contributed by atoms with Crippen LogP contribution in [0.1, 0.15) is 55.7 Å². The molecule has 19 heavy (non-hydrogen) atoms. The van der Waals surface area contributed by atoms with Gasteiger partial charge in [0.1, 0.15) is 5.82 Å². The van der Waals surface area contributed by atoms with E-state index in [1.165, 1.54) is 0 Å². The van der Waals surface area contributed by atoms with Gasteiger partial charge in [-0.15, -0.1) is 0 Å². The molecule has 0 amide bonds. The number of aryl methyl sites for hydroxylation is 2. The second-order valence-electron chi connectivity index (χ2n) is 5.56. The zero-order chi connectivity index (χ0) is 14.0. The van der Waals surface area contributed by atoms with Crippen LogP contribution in [0.5, 0.6) is 0 Å². The Balaban J connectivity index is 2.11. The zero-order valence-electron chi connectivity index (χ0n) is 11.9. The molecular formula is C14H23N3O2. The molecule has 0 radical (unpaired) electrons. The molecule has 5 nitrogen and oxygen atoms in total. The van der Waals surface area contributed by atoms with E-state index in [4.69, 9.17) is 0 Å². The van der Waals surface area contributed by atoms with E-state index in [0.29, 0.717) is 11.4 Å². The summed E-state index contributed by atoms with van der Waals surface area (Å²) in [5.74, 6) is 0.645. The lowest BCUT2D eigenvalue weighted by molar-refractivity contribution is 0.109. The Hall–Kier alpha value is -1.20. The van der Waals surface area contributed by atoms with Gasteiger partial charge in [-0.1, -0.05) is 0 Å². The molecule has 106 valence electrons. The Morgan fingerprint density at radius 3 is 2.79 bits per heavy atom. The summed E-state index contributed by atoms with van der Waals surface area (Å²) in [6.45, 7) is 5.63. The van der Waals surface area contributed by atoms with E-state index >= 15 is 0 Å². The molecule has 3 unspecified atom stereocenters. The number of aliphatic hydroxyl groups excluding tert-OH is 1. The molecule has 1 aromatic rings. The predicted molar refractivity (Wildman–Crippen MR) is 74.1 cm³/mol. The molecule has 1 aliphatic carbocycles. The van der Waals surface area contributed by atoms with E-state index in [2.05, 4.69) is 15.3 Å². The van der Waals surface area contributed by atoms with Crippen molar-refractivity contribution in [2.24, 2.45) is 0 Å². The molecule has 3 atom stereocenters. The van der Waals surface area contributed by atoms with Gasteiger partial charge < -0.3 is 15.4 Å². The van der Waals surface area contributed by atoms with E-state index in [9.17, 15) is 9.90 Å². The quantitative estimate of drug-likeness (QED) is 0.770. The lowest BCUT2D eigenvalue weighted by atomic mass is 9.92. The number of aliphatic hydroxyl groups is 1. The minimum Gasteiger partial charge on any atom is -0.393 e. The molecular weight excluding hydrogens is 242 g/mol. The summed E-state index contributed by atoms with van der Waals surface area (Å²) in [6.07, 6.45) is 3.53. The highest BCUT2D eigenvalue weighted by Gasteiger charge is 2.23. The van der Waals surface area contributed by atoms with Gasteiger partial charge in [0, 0.05) is 17.8 Å².